The highest BCUT2D eigenvalue weighted by molar-refractivity contribution is 5.77. The van der Waals surface area contributed by atoms with Crippen molar-refractivity contribution in [2.45, 2.75) is 72.1 Å². The van der Waals surface area contributed by atoms with Gasteiger partial charge in [-0.2, -0.15) is 25.4 Å². The molecule has 16 heteroatoms. The second-order valence-electron chi connectivity index (χ2n) is 16.1. The summed E-state index contributed by atoms with van der Waals surface area (Å²) in [5, 5.41) is 27.4. The van der Waals surface area contributed by atoms with E-state index in [9.17, 15) is 5.26 Å². The van der Waals surface area contributed by atoms with Crippen LogP contribution in [0.4, 0.5) is 23.3 Å². The van der Waals surface area contributed by atoms with Gasteiger partial charge in [0, 0.05) is 38.6 Å². The number of anilines is 4. The second-order valence-corrected chi connectivity index (χ2v) is 16.1. The van der Waals surface area contributed by atoms with Crippen LogP contribution in [0.3, 0.4) is 0 Å². The monoisotopic (exact) mass is 785 g/mol. The minimum Gasteiger partial charge on any atom is -0.495 e. The molecular weight excluding hydrogens is 735 g/mol. The van der Waals surface area contributed by atoms with Gasteiger partial charge in [-0.05, 0) is 108 Å². The molecule has 0 bridgehead atoms. The van der Waals surface area contributed by atoms with Crippen molar-refractivity contribution < 1.29 is 14.2 Å². The molecule has 0 saturated carbocycles. The number of hydrogen-bond acceptors (Lipinski definition) is 14. The minimum absolute atomic E-state index is 0.00557. The average molecular weight is 786 g/mol. The Hall–Kier alpha value is -5.89. The summed E-state index contributed by atoms with van der Waals surface area (Å²) < 4.78 is 21.8. The van der Waals surface area contributed by atoms with Crippen LogP contribution in [0, 0.1) is 16.7 Å². The number of nitrogens with one attached hydrogen (secondary N) is 2. The zero-order chi connectivity index (χ0) is 40.6. The summed E-state index contributed by atoms with van der Waals surface area (Å²) in [4.78, 5) is 23.5. The lowest BCUT2D eigenvalue weighted by Crippen LogP contribution is -2.26. The number of aromatic nitrogens is 8. The summed E-state index contributed by atoms with van der Waals surface area (Å²) in [5.74, 6) is 2.31. The molecule has 2 atom stereocenters. The van der Waals surface area contributed by atoms with Crippen LogP contribution in [0.15, 0.2) is 49.1 Å². The first-order valence-electron chi connectivity index (χ1n) is 19.8. The normalized spacial score (nSPS) is 15.8. The first-order chi connectivity index (χ1) is 28.0. The standard InChI is InChI=1S/C42H51N13O3/c1-26(54-38-32(20-46-54)18-44-40(50-38)48-34-14-30-22-52(5)11-8-28(30)16-36(34)56-7)10-13-57-25-58-37-17-29-9-12-53(6)23-31(29)15-35(37)49-41-45-19-33-21-47-55(39(33)51-41)27(2)42(3,4)24-43/h14-21,26-27H,8-13,22-23,25H2,1-7H3,(H,44,48,50)(H,45,49,51). The van der Waals surface area contributed by atoms with Crippen LogP contribution in [0.1, 0.15) is 68.5 Å². The van der Waals surface area contributed by atoms with E-state index in [1.807, 2.05) is 25.5 Å². The van der Waals surface area contributed by atoms with Gasteiger partial charge in [-0.25, -0.2) is 19.3 Å². The fourth-order valence-electron chi connectivity index (χ4n) is 7.52. The Bertz CT molecular complexity index is 2490. The molecule has 0 radical (unpaired) electrons. The Balaban J connectivity index is 0.933. The third kappa shape index (κ3) is 7.97. The molecule has 8 rings (SSSR count). The summed E-state index contributed by atoms with van der Waals surface area (Å²) >= 11 is 0. The van der Waals surface area contributed by atoms with Crippen LogP contribution in [0.5, 0.6) is 11.5 Å². The highest BCUT2D eigenvalue weighted by Crippen LogP contribution is 2.36. The number of nitrogens with zero attached hydrogens (tertiary/aromatic N) is 11. The number of fused-ring (bicyclic) bond motifs is 4. The number of ether oxygens (including phenoxy) is 3. The largest absolute Gasteiger partial charge is 0.495 e. The lowest BCUT2D eigenvalue weighted by Gasteiger charge is -2.26. The molecule has 0 spiro atoms. The van der Waals surface area contributed by atoms with Gasteiger partial charge in [-0.3, -0.25) is 0 Å². The first kappa shape index (κ1) is 39.0. The predicted molar refractivity (Wildman–Crippen MR) is 222 cm³/mol. The molecule has 2 aliphatic heterocycles. The van der Waals surface area contributed by atoms with E-state index in [2.05, 4.69) is 92.0 Å². The average Bonchev–Trinajstić information content (AvgIpc) is 3.84. The number of methoxy groups -OCH3 is 1. The van der Waals surface area contributed by atoms with Gasteiger partial charge in [0.25, 0.3) is 0 Å². The Labute approximate surface area is 338 Å². The van der Waals surface area contributed by atoms with Crippen molar-refractivity contribution in [1.82, 2.24) is 49.3 Å². The molecule has 302 valence electrons. The summed E-state index contributed by atoms with van der Waals surface area (Å²) in [6.45, 7) is 12.1. The number of nitriles is 1. The van der Waals surface area contributed by atoms with Gasteiger partial charge in [-0.15, -0.1) is 0 Å². The van der Waals surface area contributed by atoms with Gasteiger partial charge in [0.2, 0.25) is 11.9 Å². The number of benzene rings is 2. The summed E-state index contributed by atoms with van der Waals surface area (Å²) in [7, 11) is 5.95. The van der Waals surface area contributed by atoms with Crippen LogP contribution >= 0.6 is 0 Å². The summed E-state index contributed by atoms with van der Waals surface area (Å²) in [6, 6.07) is 10.6. The Morgan fingerprint density at radius 3 is 1.91 bits per heavy atom. The van der Waals surface area contributed by atoms with Gasteiger partial charge >= 0.3 is 0 Å². The van der Waals surface area contributed by atoms with Gasteiger partial charge in [0.05, 0.1) is 71.8 Å². The minimum atomic E-state index is -0.641. The topological polar surface area (TPSA) is 169 Å². The molecule has 16 nitrogen and oxygen atoms in total. The van der Waals surface area contributed by atoms with E-state index in [0.29, 0.717) is 36.3 Å². The molecule has 2 unspecified atom stereocenters. The first-order valence-corrected chi connectivity index (χ1v) is 19.8. The van der Waals surface area contributed by atoms with Crippen LogP contribution < -0.4 is 20.1 Å². The maximum absolute atomic E-state index is 9.76. The maximum Gasteiger partial charge on any atom is 0.229 e. The molecular formula is C42H51N13O3. The van der Waals surface area contributed by atoms with Gasteiger partial charge in [-0.1, -0.05) is 0 Å². The van der Waals surface area contributed by atoms with E-state index in [1.54, 1.807) is 36.6 Å². The second kappa shape index (κ2) is 16.2. The van der Waals surface area contributed by atoms with Crippen LogP contribution in [0.25, 0.3) is 22.1 Å². The zero-order valence-corrected chi connectivity index (χ0v) is 34.3. The fourth-order valence-corrected chi connectivity index (χ4v) is 7.52. The van der Waals surface area contributed by atoms with E-state index in [0.717, 1.165) is 72.6 Å². The zero-order valence-electron chi connectivity index (χ0n) is 34.3. The molecule has 2 aliphatic rings. The summed E-state index contributed by atoms with van der Waals surface area (Å²) in [5.41, 5.74) is 7.37. The number of hydrogen-bond donors (Lipinski definition) is 2. The van der Waals surface area contributed by atoms with Crippen molar-refractivity contribution in [1.29, 1.82) is 5.26 Å². The number of likely N-dealkylation sites (N-methyl/N-ethyl adjacent to an activating group) is 2. The van der Waals surface area contributed by atoms with E-state index >= 15 is 0 Å². The molecule has 0 aliphatic carbocycles. The van der Waals surface area contributed by atoms with Crippen molar-refractivity contribution in [3.05, 3.63) is 71.3 Å². The van der Waals surface area contributed by atoms with E-state index in [1.165, 1.54) is 22.3 Å². The molecule has 0 amide bonds. The Kier molecular flexibility index (Phi) is 10.9. The lowest BCUT2D eigenvalue weighted by atomic mass is 9.87. The van der Waals surface area contributed by atoms with Gasteiger partial charge in [0.1, 0.15) is 11.5 Å². The van der Waals surface area contributed by atoms with Crippen molar-refractivity contribution >= 4 is 45.3 Å². The fraction of sp³-hybridized carbons (Fsp3) is 0.452. The van der Waals surface area contributed by atoms with Crippen molar-refractivity contribution in [3.63, 3.8) is 0 Å². The molecule has 6 aromatic rings. The van der Waals surface area contributed by atoms with E-state index in [-0.39, 0.29) is 18.9 Å². The third-order valence-corrected chi connectivity index (χ3v) is 11.5. The third-order valence-electron chi connectivity index (χ3n) is 11.5. The van der Waals surface area contributed by atoms with E-state index < -0.39 is 5.41 Å². The molecule has 2 aromatic carbocycles. The van der Waals surface area contributed by atoms with Crippen LogP contribution in [-0.4, -0.2) is 97.0 Å². The quantitative estimate of drug-likeness (QED) is 0.0900. The van der Waals surface area contributed by atoms with Gasteiger partial charge in [0.15, 0.2) is 18.1 Å². The predicted octanol–water partition coefficient (Wildman–Crippen LogP) is 6.55. The Morgan fingerprint density at radius 2 is 1.33 bits per heavy atom. The SMILES string of the molecule is COc1cc2c(cc1Nc1ncc3cnn(C(C)CCOCOc4cc5c(cc4Nc4ncc6cnn(C(C)C(C)(C)C#N)c6n4)CN(C)CC5)c3n1)CN(C)CC2. The highest BCUT2D eigenvalue weighted by Gasteiger charge is 2.29. The molecule has 0 saturated heterocycles. The van der Waals surface area contributed by atoms with Crippen molar-refractivity contribution in [3.8, 4) is 17.6 Å². The summed E-state index contributed by atoms with van der Waals surface area (Å²) in [6.07, 6.45) is 9.66. The lowest BCUT2D eigenvalue weighted by molar-refractivity contribution is 0.0106. The molecule has 2 N–H and O–H groups in total. The van der Waals surface area contributed by atoms with Crippen molar-refractivity contribution in [2.75, 3.05) is 58.3 Å². The smallest absolute Gasteiger partial charge is 0.229 e. The van der Waals surface area contributed by atoms with E-state index in [4.69, 9.17) is 24.2 Å². The van der Waals surface area contributed by atoms with Gasteiger partial charge < -0.3 is 34.6 Å². The van der Waals surface area contributed by atoms with Crippen LogP contribution in [-0.2, 0) is 30.7 Å². The Morgan fingerprint density at radius 1 is 0.776 bits per heavy atom. The van der Waals surface area contributed by atoms with Crippen LogP contribution in [0.2, 0.25) is 0 Å². The molecule has 6 heterocycles. The number of rotatable bonds is 14. The maximum atomic E-state index is 9.76. The molecule has 58 heavy (non-hydrogen) atoms. The van der Waals surface area contributed by atoms with Crippen molar-refractivity contribution in [2.24, 2.45) is 5.41 Å². The highest BCUT2D eigenvalue weighted by atomic mass is 16.7. The molecule has 4 aromatic heterocycles. The molecule has 0 fully saturated rings.